The van der Waals surface area contributed by atoms with Crippen LogP contribution in [0.1, 0.15) is 5.56 Å². The van der Waals surface area contributed by atoms with Crippen LogP contribution in [0.4, 0.5) is 5.69 Å². The molecule has 1 aliphatic heterocycles. The van der Waals surface area contributed by atoms with Crippen molar-refractivity contribution in [3.63, 3.8) is 0 Å². The van der Waals surface area contributed by atoms with E-state index < -0.39 is 0 Å². The van der Waals surface area contributed by atoms with E-state index in [0.29, 0.717) is 31.4 Å². The number of aliphatic imine (C=N–C) groups is 1. The topological polar surface area (TPSA) is 61.7 Å². The van der Waals surface area contributed by atoms with Gasteiger partial charge in [-0.2, -0.15) is 0 Å². The normalized spacial score (nSPS) is 17.5. The summed E-state index contributed by atoms with van der Waals surface area (Å²) in [5.41, 5.74) is 1.17. The fourth-order valence-electron chi connectivity index (χ4n) is 1.93. The Labute approximate surface area is 157 Å². The molecule has 2 N–H and O–H groups in total. The SMILES string of the molecule is O=C1NC(=Nc2cccc(Cl)c2Cl)S/C1=C/c1ccc(O)c(Cl)c1. The number of phenols is 1. The summed E-state index contributed by atoms with van der Waals surface area (Å²) in [6, 6.07) is 9.78. The number of carbonyl (C=O) groups is 1. The molecule has 0 aromatic heterocycles. The van der Waals surface area contributed by atoms with E-state index in [-0.39, 0.29) is 16.7 Å². The van der Waals surface area contributed by atoms with Gasteiger partial charge in [0.05, 0.1) is 25.7 Å². The molecule has 3 rings (SSSR count). The van der Waals surface area contributed by atoms with Gasteiger partial charge >= 0.3 is 0 Å². The van der Waals surface area contributed by atoms with E-state index in [4.69, 9.17) is 34.8 Å². The molecule has 1 aliphatic rings. The van der Waals surface area contributed by atoms with Crippen LogP contribution in [0.15, 0.2) is 46.3 Å². The number of hydrogen-bond acceptors (Lipinski definition) is 4. The summed E-state index contributed by atoms with van der Waals surface area (Å²) in [5.74, 6) is -0.290. The van der Waals surface area contributed by atoms with Gasteiger partial charge in [0.15, 0.2) is 5.17 Å². The smallest absolute Gasteiger partial charge is 0.264 e. The van der Waals surface area contributed by atoms with Crippen molar-refractivity contribution in [3.05, 3.63) is 61.9 Å². The molecule has 1 heterocycles. The standard InChI is InChI=1S/C16H9Cl3N2O2S/c17-9-2-1-3-11(14(9)19)20-16-21-15(23)13(24-16)7-8-4-5-12(22)10(18)6-8/h1-7,22H,(H,20,21,23)/b13-7+. The summed E-state index contributed by atoms with van der Waals surface area (Å²) in [5, 5.41) is 13.4. The lowest BCUT2D eigenvalue weighted by atomic mass is 10.2. The average Bonchev–Trinajstić information content (AvgIpc) is 2.87. The van der Waals surface area contributed by atoms with Gasteiger partial charge in [-0.1, -0.05) is 46.9 Å². The van der Waals surface area contributed by atoms with Gasteiger partial charge in [-0.3, -0.25) is 4.79 Å². The Bertz CT molecular complexity index is 897. The highest BCUT2D eigenvalue weighted by Gasteiger charge is 2.24. The number of aromatic hydroxyl groups is 1. The number of nitrogens with zero attached hydrogens (tertiary/aromatic N) is 1. The molecule has 1 amide bonds. The van der Waals surface area contributed by atoms with Crippen LogP contribution in [0.2, 0.25) is 15.1 Å². The third kappa shape index (κ3) is 3.70. The number of amides is 1. The van der Waals surface area contributed by atoms with E-state index in [0.717, 1.165) is 0 Å². The van der Waals surface area contributed by atoms with E-state index in [2.05, 4.69) is 10.3 Å². The zero-order chi connectivity index (χ0) is 17.3. The van der Waals surface area contributed by atoms with Crippen LogP contribution in [0.5, 0.6) is 5.75 Å². The molecule has 0 bridgehead atoms. The quantitative estimate of drug-likeness (QED) is 0.678. The van der Waals surface area contributed by atoms with E-state index in [9.17, 15) is 9.90 Å². The molecule has 0 saturated carbocycles. The Balaban J connectivity index is 1.88. The molecule has 1 saturated heterocycles. The predicted octanol–water partition coefficient (Wildman–Crippen LogP) is 5.24. The lowest BCUT2D eigenvalue weighted by Gasteiger charge is -2.01. The van der Waals surface area contributed by atoms with Crippen LogP contribution in [-0.4, -0.2) is 16.2 Å². The van der Waals surface area contributed by atoms with Gasteiger partial charge in [0.1, 0.15) is 5.75 Å². The molecular formula is C16H9Cl3N2O2S. The fourth-order valence-corrected chi connectivity index (χ4v) is 3.29. The molecule has 0 radical (unpaired) electrons. The second-order valence-corrected chi connectivity index (χ2v) is 6.99. The van der Waals surface area contributed by atoms with Crippen LogP contribution in [0.25, 0.3) is 6.08 Å². The van der Waals surface area contributed by atoms with Crippen molar-refractivity contribution in [2.75, 3.05) is 0 Å². The molecule has 1 fully saturated rings. The third-order valence-corrected chi connectivity index (χ3v) is 5.10. The molecule has 122 valence electrons. The van der Waals surface area contributed by atoms with Crippen molar-refractivity contribution in [1.29, 1.82) is 0 Å². The first-order valence-electron chi connectivity index (χ1n) is 6.66. The highest BCUT2D eigenvalue weighted by molar-refractivity contribution is 8.18. The van der Waals surface area contributed by atoms with Crippen LogP contribution in [0, 0.1) is 0 Å². The Kier molecular flexibility index (Phi) is 5.06. The third-order valence-electron chi connectivity index (χ3n) is 3.07. The summed E-state index contributed by atoms with van der Waals surface area (Å²) in [7, 11) is 0. The Morgan fingerprint density at radius 1 is 1.12 bits per heavy atom. The van der Waals surface area contributed by atoms with Crippen LogP contribution < -0.4 is 5.32 Å². The second-order valence-electron chi connectivity index (χ2n) is 4.77. The first kappa shape index (κ1) is 17.2. The monoisotopic (exact) mass is 398 g/mol. The van der Waals surface area contributed by atoms with Crippen LogP contribution in [-0.2, 0) is 4.79 Å². The lowest BCUT2D eigenvalue weighted by molar-refractivity contribution is -0.115. The van der Waals surface area contributed by atoms with Gasteiger partial charge in [0, 0.05) is 0 Å². The predicted molar refractivity (Wildman–Crippen MR) is 100 cm³/mol. The average molecular weight is 400 g/mol. The fraction of sp³-hybridized carbons (Fsp3) is 0. The van der Waals surface area contributed by atoms with Crippen molar-refractivity contribution in [2.24, 2.45) is 4.99 Å². The number of thioether (sulfide) groups is 1. The van der Waals surface area contributed by atoms with E-state index in [1.54, 1.807) is 36.4 Å². The summed E-state index contributed by atoms with van der Waals surface area (Å²) in [4.78, 5) is 16.8. The van der Waals surface area contributed by atoms with Crippen molar-refractivity contribution < 1.29 is 9.90 Å². The minimum absolute atomic E-state index is 0.0137. The van der Waals surface area contributed by atoms with E-state index >= 15 is 0 Å². The highest BCUT2D eigenvalue weighted by atomic mass is 35.5. The molecule has 0 aliphatic carbocycles. The number of amidine groups is 1. The zero-order valence-electron chi connectivity index (χ0n) is 11.9. The maximum absolute atomic E-state index is 12.1. The number of benzene rings is 2. The lowest BCUT2D eigenvalue weighted by Crippen LogP contribution is -2.19. The summed E-state index contributed by atoms with van der Waals surface area (Å²) in [6.45, 7) is 0. The van der Waals surface area contributed by atoms with Gasteiger partial charge in [0.25, 0.3) is 5.91 Å². The Morgan fingerprint density at radius 3 is 2.67 bits per heavy atom. The van der Waals surface area contributed by atoms with Crippen molar-refractivity contribution in [1.82, 2.24) is 5.32 Å². The van der Waals surface area contributed by atoms with Gasteiger partial charge in [-0.05, 0) is 47.7 Å². The minimum Gasteiger partial charge on any atom is -0.506 e. The largest absolute Gasteiger partial charge is 0.506 e. The van der Waals surface area contributed by atoms with Gasteiger partial charge in [0.2, 0.25) is 0 Å². The summed E-state index contributed by atoms with van der Waals surface area (Å²) < 4.78 is 0. The summed E-state index contributed by atoms with van der Waals surface area (Å²) in [6.07, 6.45) is 1.66. The summed E-state index contributed by atoms with van der Waals surface area (Å²) >= 11 is 19.1. The Morgan fingerprint density at radius 2 is 1.92 bits per heavy atom. The molecule has 0 atom stereocenters. The molecule has 2 aromatic rings. The second kappa shape index (κ2) is 7.07. The maximum atomic E-state index is 12.1. The highest BCUT2D eigenvalue weighted by Crippen LogP contribution is 2.35. The van der Waals surface area contributed by atoms with Gasteiger partial charge in [-0.25, -0.2) is 4.99 Å². The van der Waals surface area contributed by atoms with Crippen molar-refractivity contribution in [3.8, 4) is 5.75 Å². The first-order valence-corrected chi connectivity index (χ1v) is 8.61. The molecular weight excluding hydrogens is 391 g/mol. The molecule has 2 aromatic carbocycles. The number of rotatable bonds is 2. The minimum atomic E-state index is -0.277. The maximum Gasteiger partial charge on any atom is 0.264 e. The van der Waals surface area contributed by atoms with Gasteiger partial charge < -0.3 is 10.4 Å². The molecule has 0 unspecified atom stereocenters. The Hall–Kier alpha value is -1.66. The molecule has 0 spiro atoms. The molecule has 24 heavy (non-hydrogen) atoms. The van der Waals surface area contributed by atoms with E-state index in [1.807, 2.05) is 0 Å². The van der Waals surface area contributed by atoms with Crippen LogP contribution >= 0.6 is 46.6 Å². The number of carbonyl (C=O) groups excluding carboxylic acids is 1. The number of hydrogen-bond donors (Lipinski definition) is 2. The van der Waals surface area contributed by atoms with Crippen LogP contribution in [0.3, 0.4) is 0 Å². The zero-order valence-corrected chi connectivity index (χ0v) is 15.0. The number of phenolic OH excluding ortho intramolecular Hbond substituents is 1. The van der Waals surface area contributed by atoms with Crippen molar-refractivity contribution in [2.45, 2.75) is 0 Å². The number of halogens is 3. The number of nitrogens with one attached hydrogen (secondary N) is 1. The first-order chi connectivity index (χ1) is 11.4. The van der Waals surface area contributed by atoms with Crippen molar-refractivity contribution >= 4 is 69.4 Å². The van der Waals surface area contributed by atoms with Gasteiger partial charge in [-0.15, -0.1) is 0 Å². The molecule has 4 nitrogen and oxygen atoms in total. The molecule has 8 heteroatoms. The van der Waals surface area contributed by atoms with E-state index in [1.165, 1.54) is 17.8 Å².